The molecule has 3 heterocycles. The van der Waals surface area contributed by atoms with Crippen molar-refractivity contribution >= 4 is 39.4 Å². The van der Waals surface area contributed by atoms with Crippen LogP contribution >= 0.6 is 0 Å². The van der Waals surface area contributed by atoms with Gasteiger partial charge in [-0.25, -0.2) is 4.98 Å². The van der Waals surface area contributed by atoms with Crippen molar-refractivity contribution < 1.29 is 26.9 Å². The summed E-state index contributed by atoms with van der Waals surface area (Å²) in [7, 11) is -1.19. The molecule has 254 valence electrons. The molecule has 0 bridgehead atoms. The molecular weight excluding hydrogens is 645 g/mol. The van der Waals surface area contributed by atoms with Crippen LogP contribution in [0.3, 0.4) is 0 Å². The van der Waals surface area contributed by atoms with Gasteiger partial charge in [0.2, 0.25) is 5.88 Å². The van der Waals surface area contributed by atoms with E-state index in [1.165, 1.54) is 24.3 Å². The van der Waals surface area contributed by atoms with Crippen molar-refractivity contribution in [2.24, 2.45) is 5.14 Å². The van der Waals surface area contributed by atoms with E-state index < -0.39 is 27.8 Å². The van der Waals surface area contributed by atoms with E-state index >= 15 is 0 Å². The third-order valence-corrected chi connectivity index (χ3v) is 11.1. The van der Waals surface area contributed by atoms with Crippen molar-refractivity contribution in [2.75, 3.05) is 41.4 Å². The molecule has 0 saturated carbocycles. The molecule has 5 rings (SSSR count). The number of nitrogens with two attached hydrogens (primary N) is 1. The monoisotopic (exact) mass is 682 g/mol. The number of aryl methyl sites for hydroxylation is 1. The number of pyridine rings is 1. The number of thiol groups is 1. The minimum atomic E-state index is -4.68. The zero-order valence-electron chi connectivity index (χ0n) is 26.6. The number of aromatic nitrogens is 3. The molecule has 1 aliphatic heterocycles. The Morgan fingerprint density at radius 1 is 1.12 bits per heavy atom. The molecule has 0 atom stereocenters. The zero-order valence-corrected chi connectivity index (χ0v) is 27.5. The van der Waals surface area contributed by atoms with E-state index in [4.69, 9.17) is 15.3 Å². The van der Waals surface area contributed by atoms with Crippen LogP contribution in [0.1, 0.15) is 46.8 Å². The van der Waals surface area contributed by atoms with Gasteiger partial charge in [0.05, 0.1) is 11.1 Å². The van der Waals surface area contributed by atoms with Gasteiger partial charge >= 0.3 is 6.18 Å². The number of amides is 1. The third-order valence-electron chi connectivity index (χ3n) is 8.36. The molecule has 0 unspecified atom stereocenters. The topological polar surface area (TPSA) is 159 Å². The van der Waals surface area contributed by atoms with Crippen LogP contribution in [-0.4, -0.2) is 62.4 Å². The molecule has 2 aromatic carbocycles. The van der Waals surface area contributed by atoms with Crippen molar-refractivity contribution in [3.63, 3.8) is 0 Å². The van der Waals surface area contributed by atoms with E-state index in [0.717, 1.165) is 12.3 Å². The van der Waals surface area contributed by atoms with Gasteiger partial charge in [-0.15, -0.1) is 0 Å². The zero-order chi connectivity index (χ0) is 34.6. The van der Waals surface area contributed by atoms with Crippen LogP contribution < -0.4 is 25.4 Å². The van der Waals surface area contributed by atoms with Crippen molar-refractivity contribution in [3.05, 3.63) is 83.2 Å². The fraction of sp³-hybridized carbons (Fsp3) is 0.303. The van der Waals surface area contributed by atoms with Gasteiger partial charge in [0.15, 0.2) is 5.82 Å². The van der Waals surface area contributed by atoms with Gasteiger partial charge in [0.1, 0.15) is 11.6 Å². The Balaban J connectivity index is 1.39. The smallest absolute Gasteiger partial charge is 0.418 e. The summed E-state index contributed by atoms with van der Waals surface area (Å²) < 4.78 is 61.6. The predicted molar refractivity (Wildman–Crippen MR) is 183 cm³/mol. The number of piperidine rings is 1. The summed E-state index contributed by atoms with van der Waals surface area (Å²) in [5.74, 6) is 0.694. The first-order valence-electron chi connectivity index (χ1n) is 15.3. The maximum Gasteiger partial charge on any atom is 0.418 e. The van der Waals surface area contributed by atoms with Crippen LogP contribution in [0.25, 0.3) is 11.4 Å². The molecule has 5 N–H and O–H groups in total. The third kappa shape index (κ3) is 7.47. The van der Waals surface area contributed by atoms with Crippen LogP contribution in [0.2, 0.25) is 0 Å². The molecule has 2 aromatic heterocycles. The highest BCUT2D eigenvalue weighted by Gasteiger charge is 2.37. The molecule has 1 amide bonds. The summed E-state index contributed by atoms with van der Waals surface area (Å²) >= 11 is 0. The van der Waals surface area contributed by atoms with Crippen LogP contribution in [-0.2, 0) is 16.3 Å². The number of anilines is 3. The number of ether oxygens (including phenoxy) is 1. The Hall–Kier alpha value is -4.89. The number of hydrogen-bond donors (Lipinski definition) is 5. The van der Waals surface area contributed by atoms with E-state index in [2.05, 4.69) is 25.6 Å². The number of nitrogens with one attached hydrogen (secondary N) is 3. The summed E-state index contributed by atoms with van der Waals surface area (Å²) in [5.41, 5.74) is 0.795. The number of hydrogen-bond acceptors (Lipinski definition) is 9. The lowest BCUT2D eigenvalue weighted by molar-refractivity contribution is -0.137. The second kappa shape index (κ2) is 14.1. The second-order valence-corrected chi connectivity index (χ2v) is 14.5. The van der Waals surface area contributed by atoms with Gasteiger partial charge in [-0.1, -0.05) is 23.1 Å². The minimum Gasteiger partial charge on any atom is -0.438 e. The SMILES string of the molecule is CC[SH](N)(=O)C1CCN(c2ccc(NC(=O)c3ccc(C)c(Oc4nc(-c5ccncc5)nc(NC)c4C=N)c3)cc2C(F)(F)F)CC1. The average Bonchev–Trinajstić information content (AvgIpc) is 3.08. The summed E-state index contributed by atoms with van der Waals surface area (Å²) in [4.78, 5) is 28.0. The van der Waals surface area contributed by atoms with E-state index in [1.807, 2.05) is 0 Å². The number of nitrogens with zero attached hydrogens (tertiary/aromatic N) is 4. The molecule has 1 aliphatic rings. The second-order valence-electron chi connectivity index (χ2n) is 11.4. The van der Waals surface area contributed by atoms with Crippen molar-refractivity contribution in [3.8, 4) is 23.0 Å². The average molecular weight is 683 g/mol. The molecule has 0 radical (unpaired) electrons. The normalized spacial score (nSPS) is 14.4. The Morgan fingerprint density at radius 3 is 2.46 bits per heavy atom. The highest BCUT2D eigenvalue weighted by molar-refractivity contribution is 8.01. The molecule has 15 heteroatoms. The lowest BCUT2D eigenvalue weighted by Crippen LogP contribution is -2.46. The molecule has 1 saturated heterocycles. The first kappa shape index (κ1) is 34.4. The van der Waals surface area contributed by atoms with Gasteiger partial charge in [-0.05, 0) is 67.8 Å². The largest absolute Gasteiger partial charge is 0.438 e. The quantitative estimate of drug-likeness (QED) is 0.103. The van der Waals surface area contributed by atoms with Crippen molar-refractivity contribution in [1.29, 1.82) is 5.41 Å². The number of carbonyl (C=O) groups excluding carboxylic acids is 1. The summed E-state index contributed by atoms with van der Waals surface area (Å²) in [5, 5.41) is 19.2. The lowest BCUT2D eigenvalue weighted by Gasteiger charge is -2.38. The maximum absolute atomic E-state index is 14.3. The van der Waals surface area contributed by atoms with Crippen LogP contribution in [0.15, 0.2) is 60.9 Å². The molecule has 48 heavy (non-hydrogen) atoms. The Kier molecular flexibility index (Phi) is 10.1. The number of halogens is 3. The van der Waals surface area contributed by atoms with Gasteiger partial charge in [-0.2, -0.15) is 18.2 Å². The molecule has 0 spiro atoms. The summed E-state index contributed by atoms with van der Waals surface area (Å²) in [6, 6.07) is 11.8. The van der Waals surface area contributed by atoms with Crippen molar-refractivity contribution in [2.45, 2.75) is 38.1 Å². The maximum atomic E-state index is 14.3. The Bertz CT molecular complexity index is 1870. The lowest BCUT2D eigenvalue weighted by atomic mass is 10.1. The first-order chi connectivity index (χ1) is 22.8. The Morgan fingerprint density at radius 2 is 1.83 bits per heavy atom. The van der Waals surface area contributed by atoms with E-state index in [1.54, 1.807) is 56.4 Å². The number of benzene rings is 2. The van der Waals surface area contributed by atoms with Gasteiger partial charge in [-0.3, -0.25) is 19.1 Å². The molecular formula is C33H37F3N8O3S. The highest BCUT2D eigenvalue weighted by Crippen LogP contribution is 2.40. The fourth-order valence-electron chi connectivity index (χ4n) is 5.55. The van der Waals surface area contributed by atoms with Crippen molar-refractivity contribution in [1.82, 2.24) is 15.0 Å². The molecule has 11 nitrogen and oxygen atoms in total. The molecule has 0 aliphatic carbocycles. The summed E-state index contributed by atoms with van der Waals surface area (Å²) in [6.45, 7) is 4.10. The number of carbonyl (C=O) groups is 1. The fourth-order valence-corrected chi connectivity index (χ4v) is 7.18. The predicted octanol–water partition coefficient (Wildman–Crippen LogP) is 5.83. The summed E-state index contributed by atoms with van der Waals surface area (Å²) in [6.07, 6.45) is 0.430. The van der Waals surface area contributed by atoms with Gasteiger partial charge in [0, 0.05) is 72.2 Å². The van der Waals surface area contributed by atoms with Crippen LogP contribution in [0.4, 0.5) is 30.4 Å². The number of rotatable bonds is 10. The van der Waals surface area contributed by atoms with Gasteiger partial charge in [0.25, 0.3) is 5.91 Å². The van der Waals surface area contributed by atoms with E-state index in [0.29, 0.717) is 54.5 Å². The number of alkyl halides is 3. The first-order valence-corrected chi connectivity index (χ1v) is 17.3. The van der Waals surface area contributed by atoms with E-state index in [9.17, 15) is 22.2 Å². The Labute approximate surface area is 277 Å². The highest BCUT2D eigenvalue weighted by atomic mass is 32.3. The van der Waals surface area contributed by atoms with Gasteiger partial charge < -0.3 is 25.7 Å². The molecule has 1 fully saturated rings. The van der Waals surface area contributed by atoms with Crippen LogP contribution in [0, 0.1) is 12.3 Å². The minimum absolute atomic E-state index is 0.00718. The van der Waals surface area contributed by atoms with E-state index in [-0.39, 0.29) is 39.4 Å². The van der Waals surface area contributed by atoms with Crippen LogP contribution in [0.5, 0.6) is 11.6 Å². The standard InChI is InChI=1S/C33H37F3N8O3S/c1-4-48(38,46)24-11-15-44(16-12-24)27-8-7-23(18-26(27)33(34,35)36)41-31(45)22-6-5-20(2)28(17-22)47-32-25(19-37)30(39-3)42-29(43-32)21-9-13-40-14-10-21/h5-10,13-14,17-19,24,37,48H,4,11-12,15-16H2,1-3H3,(H2,38,46)(H,41,45)(H,39,42,43). The molecule has 4 aromatic rings.